The number of carboxylic acid groups (broad SMARTS) is 1. The number of para-hydroxylation sites is 1. The number of rotatable bonds is 11. The first kappa shape index (κ1) is 23.5. The topological polar surface area (TPSA) is 83.7 Å². The molecular formula is C28H30N2O4. The van der Waals surface area contributed by atoms with Gasteiger partial charge in [0.25, 0.3) is 0 Å². The lowest BCUT2D eigenvalue weighted by atomic mass is 10.0. The van der Waals surface area contributed by atoms with Crippen molar-refractivity contribution in [3.05, 3.63) is 102 Å². The predicted octanol–water partition coefficient (Wildman–Crippen LogP) is 4.35. The second kappa shape index (κ2) is 11.0. The molecule has 4 aromatic rings. The van der Waals surface area contributed by atoms with Crippen LogP contribution in [0.15, 0.2) is 84.9 Å². The maximum atomic E-state index is 11.9. The van der Waals surface area contributed by atoms with Gasteiger partial charge >= 0.3 is 5.97 Å². The van der Waals surface area contributed by atoms with E-state index in [1.165, 1.54) is 0 Å². The smallest absolute Gasteiger partial charge is 0.352 e. The van der Waals surface area contributed by atoms with E-state index in [9.17, 15) is 15.0 Å². The van der Waals surface area contributed by atoms with Gasteiger partial charge in [-0.1, -0.05) is 54.6 Å². The zero-order valence-electron chi connectivity index (χ0n) is 19.2. The van der Waals surface area contributed by atoms with E-state index in [4.69, 9.17) is 4.74 Å². The van der Waals surface area contributed by atoms with E-state index in [0.717, 1.165) is 34.2 Å². The van der Waals surface area contributed by atoms with E-state index < -0.39 is 12.1 Å². The van der Waals surface area contributed by atoms with Crippen LogP contribution in [0.1, 0.15) is 28.5 Å². The minimum atomic E-state index is -0.935. The Kier molecular flexibility index (Phi) is 7.62. The van der Waals surface area contributed by atoms with Gasteiger partial charge in [-0.05, 0) is 54.8 Å². The second-order valence-corrected chi connectivity index (χ2v) is 8.59. The van der Waals surface area contributed by atoms with Crippen molar-refractivity contribution in [3.63, 3.8) is 0 Å². The number of nitrogens with zero attached hydrogens (tertiary/aromatic N) is 1. The fourth-order valence-electron chi connectivity index (χ4n) is 4.09. The van der Waals surface area contributed by atoms with Crippen LogP contribution < -0.4 is 10.1 Å². The van der Waals surface area contributed by atoms with Gasteiger partial charge < -0.3 is 24.8 Å². The SMILES string of the molecule is CC(Cc1ccc2c(c1)cc(C(=O)O)n2Cc1ccccc1)NCC(O)COc1ccccc1. The van der Waals surface area contributed by atoms with Crippen molar-refractivity contribution in [2.24, 2.45) is 0 Å². The molecule has 176 valence electrons. The molecule has 6 heteroatoms. The van der Waals surface area contributed by atoms with Crippen LogP contribution in [-0.2, 0) is 13.0 Å². The molecule has 0 radical (unpaired) electrons. The highest BCUT2D eigenvalue weighted by Crippen LogP contribution is 2.24. The van der Waals surface area contributed by atoms with E-state index >= 15 is 0 Å². The van der Waals surface area contributed by atoms with Crippen LogP contribution in [0.5, 0.6) is 5.75 Å². The van der Waals surface area contributed by atoms with Gasteiger partial charge in [0.1, 0.15) is 24.2 Å². The van der Waals surface area contributed by atoms with Crippen LogP contribution in [0.4, 0.5) is 0 Å². The molecule has 0 saturated heterocycles. The number of fused-ring (bicyclic) bond motifs is 1. The average molecular weight is 459 g/mol. The van der Waals surface area contributed by atoms with Gasteiger partial charge in [-0.2, -0.15) is 0 Å². The average Bonchev–Trinajstić information content (AvgIpc) is 3.20. The normalized spacial score (nSPS) is 13.0. The van der Waals surface area contributed by atoms with Crippen molar-refractivity contribution in [2.75, 3.05) is 13.2 Å². The molecule has 1 heterocycles. The van der Waals surface area contributed by atoms with Gasteiger partial charge in [-0.15, -0.1) is 0 Å². The molecule has 34 heavy (non-hydrogen) atoms. The summed E-state index contributed by atoms with van der Waals surface area (Å²) in [7, 11) is 0. The standard InChI is InChI=1S/C28H30N2O4/c1-20(29-17-24(31)19-34-25-10-6-3-7-11-25)14-22-12-13-26-23(15-22)16-27(28(32)33)30(26)18-21-8-4-2-5-9-21/h2-13,15-16,20,24,29,31H,14,17-19H2,1H3,(H,32,33). The minimum absolute atomic E-state index is 0.133. The van der Waals surface area contributed by atoms with Gasteiger partial charge in [0.05, 0.1) is 0 Å². The first-order valence-electron chi connectivity index (χ1n) is 11.5. The van der Waals surface area contributed by atoms with E-state index in [2.05, 4.69) is 18.3 Å². The number of aromatic carboxylic acids is 1. The van der Waals surface area contributed by atoms with Crippen LogP contribution in [0, 0.1) is 0 Å². The van der Waals surface area contributed by atoms with Gasteiger partial charge in [0.2, 0.25) is 0 Å². The maximum Gasteiger partial charge on any atom is 0.352 e. The summed E-state index contributed by atoms with van der Waals surface area (Å²) in [5.74, 6) is -0.196. The molecule has 0 saturated carbocycles. The number of hydrogen-bond acceptors (Lipinski definition) is 4. The van der Waals surface area contributed by atoms with Gasteiger partial charge in [0, 0.05) is 30.0 Å². The molecule has 0 spiro atoms. The summed E-state index contributed by atoms with van der Waals surface area (Å²) >= 11 is 0. The Bertz CT molecular complexity index is 1220. The van der Waals surface area contributed by atoms with Crippen LogP contribution in [0.2, 0.25) is 0 Å². The van der Waals surface area contributed by atoms with Gasteiger partial charge in [-0.3, -0.25) is 0 Å². The van der Waals surface area contributed by atoms with Crippen LogP contribution >= 0.6 is 0 Å². The third kappa shape index (κ3) is 6.04. The molecule has 2 atom stereocenters. The summed E-state index contributed by atoms with van der Waals surface area (Å²) in [6.07, 6.45) is 0.143. The highest BCUT2D eigenvalue weighted by Gasteiger charge is 2.16. The van der Waals surface area contributed by atoms with E-state index in [1.54, 1.807) is 6.07 Å². The third-order valence-corrected chi connectivity index (χ3v) is 5.80. The molecule has 2 unspecified atom stereocenters. The van der Waals surface area contributed by atoms with Crippen LogP contribution in [0.25, 0.3) is 10.9 Å². The fraction of sp³-hybridized carbons (Fsp3) is 0.250. The number of benzene rings is 3. The number of aliphatic hydroxyl groups excluding tert-OH is 1. The Morgan fingerprint density at radius 2 is 1.68 bits per heavy atom. The number of carbonyl (C=O) groups is 1. The summed E-state index contributed by atoms with van der Waals surface area (Å²) in [5, 5.41) is 24.2. The van der Waals surface area contributed by atoms with E-state index in [0.29, 0.717) is 13.1 Å². The Balaban J connectivity index is 1.38. The van der Waals surface area contributed by atoms with Crippen molar-refractivity contribution in [2.45, 2.75) is 32.0 Å². The first-order chi connectivity index (χ1) is 16.5. The lowest BCUT2D eigenvalue weighted by Crippen LogP contribution is -2.37. The van der Waals surface area contributed by atoms with Crippen molar-refractivity contribution >= 4 is 16.9 Å². The Hall–Kier alpha value is -3.61. The summed E-state index contributed by atoms with van der Waals surface area (Å²) in [5.41, 5.74) is 3.35. The lowest BCUT2D eigenvalue weighted by molar-refractivity contribution is 0.0686. The summed E-state index contributed by atoms with van der Waals surface area (Å²) in [4.78, 5) is 11.9. The maximum absolute atomic E-state index is 11.9. The van der Waals surface area contributed by atoms with Crippen molar-refractivity contribution < 1.29 is 19.7 Å². The Morgan fingerprint density at radius 1 is 0.971 bits per heavy atom. The van der Waals surface area contributed by atoms with E-state index in [-0.39, 0.29) is 18.3 Å². The first-order valence-corrected chi connectivity index (χ1v) is 11.5. The molecule has 0 aliphatic carbocycles. The van der Waals surface area contributed by atoms with Gasteiger partial charge in [-0.25, -0.2) is 4.79 Å². The minimum Gasteiger partial charge on any atom is -0.491 e. The number of aromatic nitrogens is 1. The monoisotopic (exact) mass is 458 g/mol. The molecule has 0 fully saturated rings. The number of nitrogens with one attached hydrogen (secondary N) is 1. The zero-order chi connectivity index (χ0) is 23.9. The van der Waals surface area contributed by atoms with Crippen molar-refractivity contribution in [3.8, 4) is 5.75 Å². The highest BCUT2D eigenvalue weighted by atomic mass is 16.5. The molecule has 6 nitrogen and oxygen atoms in total. The van der Waals surface area contributed by atoms with Crippen LogP contribution in [-0.4, -0.2) is 46.0 Å². The number of aliphatic hydroxyl groups is 1. The number of carboxylic acids is 1. The molecule has 1 aromatic heterocycles. The molecule has 0 aliphatic heterocycles. The quantitative estimate of drug-likeness (QED) is 0.311. The molecule has 0 aliphatic rings. The molecule has 0 bridgehead atoms. The van der Waals surface area contributed by atoms with Crippen molar-refractivity contribution in [1.29, 1.82) is 0 Å². The fourth-order valence-corrected chi connectivity index (χ4v) is 4.09. The van der Waals surface area contributed by atoms with Gasteiger partial charge in [0.15, 0.2) is 0 Å². The summed E-state index contributed by atoms with van der Waals surface area (Å²) in [6, 6.07) is 27.3. The largest absolute Gasteiger partial charge is 0.491 e. The third-order valence-electron chi connectivity index (χ3n) is 5.80. The second-order valence-electron chi connectivity index (χ2n) is 8.59. The van der Waals surface area contributed by atoms with Crippen molar-refractivity contribution in [1.82, 2.24) is 9.88 Å². The van der Waals surface area contributed by atoms with E-state index in [1.807, 2.05) is 77.4 Å². The number of hydrogen-bond donors (Lipinski definition) is 3. The van der Waals surface area contributed by atoms with Crippen LogP contribution in [0.3, 0.4) is 0 Å². The predicted molar refractivity (Wildman–Crippen MR) is 134 cm³/mol. The molecule has 3 aromatic carbocycles. The Morgan fingerprint density at radius 3 is 2.38 bits per heavy atom. The zero-order valence-corrected chi connectivity index (χ0v) is 19.2. The molecule has 3 N–H and O–H groups in total. The summed E-state index contributed by atoms with van der Waals surface area (Å²) in [6.45, 7) is 3.22. The number of ether oxygens (including phenoxy) is 1. The molecular weight excluding hydrogens is 428 g/mol. The molecule has 4 rings (SSSR count). The summed E-state index contributed by atoms with van der Waals surface area (Å²) < 4.78 is 7.45. The molecule has 0 amide bonds. The Labute approximate surface area is 199 Å². The highest BCUT2D eigenvalue weighted by molar-refractivity contribution is 5.95. The lowest BCUT2D eigenvalue weighted by Gasteiger charge is -2.18.